The summed E-state index contributed by atoms with van der Waals surface area (Å²) in [6.07, 6.45) is 5.77. The Labute approximate surface area is 120 Å². The van der Waals surface area contributed by atoms with E-state index in [1.807, 2.05) is 24.4 Å². The van der Waals surface area contributed by atoms with Crippen molar-refractivity contribution < 1.29 is 9.31 Å². The van der Waals surface area contributed by atoms with Crippen LogP contribution in [0, 0.1) is 0 Å². The van der Waals surface area contributed by atoms with Gasteiger partial charge in [0.15, 0.2) is 0 Å². The van der Waals surface area contributed by atoms with E-state index in [0.717, 1.165) is 12.1 Å². The summed E-state index contributed by atoms with van der Waals surface area (Å²) in [4.78, 5) is 4.20. The highest BCUT2D eigenvalue weighted by atomic mass is 16.7. The highest BCUT2D eigenvalue weighted by molar-refractivity contribution is 6.52. The Kier molecular flexibility index (Phi) is 3.24. The Morgan fingerprint density at radius 1 is 1.30 bits per heavy atom. The standard InChI is InChI=1S/C15H21BN2O2/c1-14(2)15(3,4)20-16(19-14)7-5-11-9-17-8-6-12(11)13-10-18-13/h5-9,13,18H,10H2,1-4H3/b7-5+/t13-/m0/s1. The summed E-state index contributed by atoms with van der Waals surface area (Å²) in [6.45, 7) is 9.28. The lowest BCUT2D eigenvalue weighted by Crippen LogP contribution is -2.41. The monoisotopic (exact) mass is 272 g/mol. The third-order valence-electron chi connectivity index (χ3n) is 4.38. The lowest BCUT2D eigenvalue weighted by Gasteiger charge is -2.32. The smallest absolute Gasteiger partial charge is 0.400 e. The zero-order valence-corrected chi connectivity index (χ0v) is 12.5. The van der Waals surface area contributed by atoms with Gasteiger partial charge in [0.1, 0.15) is 0 Å². The molecular weight excluding hydrogens is 251 g/mol. The van der Waals surface area contributed by atoms with Gasteiger partial charge in [0, 0.05) is 25.0 Å². The van der Waals surface area contributed by atoms with Crippen LogP contribution >= 0.6 is 0 Å². The van der Waals surface area contributed by atoms with Crippen LogP contribution in [0.2, 0.25) is 0 Å². The van der Waals surface area contributed by atoms with Crippen LogP contribution in [0.25, 0.3) is 6.08 Å². The number of hydrogen-bond acceptors (Lipinski definition) is 4. The molecule has 0 spiro atoms. The fraction of sp³-hybridized carbons (Fsp3) is 0.533. The van der Waals surface area contributed by atoms with E-state index in [0.29, 0.717) is 6.04 Å². The van der Waals surface area contributed by atoms with Crippen molar-refractivity contribution in [3.63, 3.8) is 0 Å². The summed E-state index contributed by atoms with van der Waals surface area (Å²) in [6, 6.07) is 2.53. The van der Waals surface area contributed by atoms with Gasteiger partial charge in [-0.2, -0.15) is 0 Å². The molecule has 0 unspecified atom stereocenters. The molecule has 1 aromatic heterocycles. The van der Waals surface area contributed by atoms with Crippen molar-refractivity contribution in [2.75, 3.05) is 6.54 Å². The lowest BCUT2D eigenvalue weighted by atomic mass is 9.88. The number of rotatable bonds is 3. The van der Waals surface area contributed by atoms with Crippen molar-refractivity contribution >= 4 is 13.2 Å². The first-order chi connectivity index (χ1) is 9.39. The van der Waals surface area contributed by atoms with E-state index in [1.165, 1.54) is 5.56 Å². The fourth-order valence-electron chi connectivity index (χ4n) is 2.30. The van der Waals surface area contributed by atoms with Crippen molar-refractivity contribution in [2.24, 2.45) is 0 Å². The molecule has 2 aliphatic rings. The van der Waals surface area contributed by atoms with E-state index < -0.39 is 0 Å². The van der Waals surface area contributed by atoms with Gasteiger partial charge in [-0.1, -0.05) is 12.1 Å². The Morgan fingerprint density at radius 3 is 2.55 bits per heavy atom. The predicted molar refractivity (Wildman–Crippen MR) is 80.1 cm³/mol. The van der Waals surface area contributed by atoms with Crippen LogP contribution in [-0.2, 0) is 9.31 Å². The molecule has 1 atom stereocenters. The second kappa shape index (κ2) is 4.69. The molecule has 0 amide bonds. The number of aromatic nitrogens is 1. The molecule has 20 heavy (non-hydrogen) atoms. The third-order valence-corrected chi connectivity index (χ3v) is 4.38. The zero-order valence-electron chi connectivity index (χ0n) is 12.5. The summed E-state index contributed by atoms with van der Waals surface area (Å²) in [5, 5.41) is 3.32. The molecule has 2 aliphatic heterocycles. The number of nitrogens with one attached hydrogen (secondary N) is 1. The summed E-state index contributed by atoms with van der Waals surface area (Å²) in [5.74, 6) is 1.97. The van der Waals surface area contributed by atoms with E-state index in [9.17, 15) is 0 Å². The maximum Gasteiger partial charge on any atom is 0.487 e. The van der Waals surface area contributed by atoms with Crippen molar-refractivity contribution in [3.8, 4) is 0 Å². The van der Waals surface area contributed by atoms with Crippen molar-refractivity contribution in [2.45, 2.75) is 44.9 Å². The summed E-state index contributed by atoms with van der Waals surface area (Å²) < 4.78 is 11.9. The molecule has 2 saturated heterocycles. The average Bonchev–Trinajstić information content (AvgIpc) is 3.16. The van der Waals surface area contributed by atoms with E-state index in [2.05, 4.69) is 44.1 Å². The summed E-state index contributed by atoms with van der Waals surface area (Å²) in [7, 11) is -0.305. The Balaban J connectivity index is 1.76. The first-order valence-electron chi connectivity index (χ1n) is 7.10. The Hall–Kier alpha value is -1.17. The number of hydrogen-bond donors (Lipinski definition) is 1. The maximum absolute atomic E-state index is 5.96. The van der Waals surface area contributed by atoms with Crippen LogP contribution in [0.15, 0.2) is 24.4 Å². The van der Waals surface area contributed by atoms with Gasteiger partial charge >= 0.3 is 7.12 Å². The Morgan fingerprint density at radius 2 is 1.95 bits per heavy atom. The van der Waals surface area contributed by atoms with Crippen LogP contribution in [0.4, 0.5) is 0 Å². The third kappa shape index (κ3) is 2.53. The molecule has 3 heterocycles. The molecule has 3 rings (SSSR count). The number of pyridine rings is 1. The number of nitrogens with zero attached hydrogens (tertiary/aromatic N) is 1. The van der Waals surface area contributed by atoms with Gasteiger partial charge in [-0.15, -0.1) is 0 Å². The molecule has 0 bridgehead atoms. The quantitative estimate of drug-likeness (QED) is 0.678. The van der Waals surface area contributed by atoms with Gasteiger partial charge in [0.05, 0.1) is 11.2 Å². The van der Waals surface area contributed by atoms with Crippen molar-refractivity contribution in [1.29, 1.82) is 0 Å². The van der Waals surface area contributed by atoms with Crippen LogP contribution < -0.4 is 5.32 Å². The fourth-order valence-corrected chi connectivity index (χ4v) is 2.30. The molecule has 0 aliphatic carbocycles. The predicted octanol–water partition coefficient (Wildman–Crippen LogP) is 2.37. The van der Waals surface area contributed by atoms with Crippen LogP contribution in [0.1, 0.15) is 44.9 Å². The normalized spacial score (nSPS) is 27.2. The van der Waals surface area contributed by atoms with E-state index in [-0.39, 0.29) is 18.3 Å². The minimum absolute atomic E-state index is 0.294. The largest absolute Gasteiger partial charge is 0.487 e. The minimum atomic E-state index is -0.305. The molecule has 5 heteroatoms. The molecular formula is C15H21BN2O2. The molecule has 1 aromatic rings. The Bertz CT molecular complexity index is 522. The van der Waals surface area contributed by atoms with Gasteiger partial charge in [-0.05, 0) is 44.9 Å². The zero-order chi connectivity index (χ0) is 14.4. The van der Waals surface area contributed by atoms with E-state index >= 15 is 0 Å². The second-order valence-corrected chi connectivity index (χ2v) is 6.45. The maximum atomic E-state index is 5.96. The van der Waals surface area contributed by atoms with Gasteiger partial charge < -0.3 is 14.6 Å². The van der Waals surface area contributed by atoms with Gasteiger partial charge in [0.25, 0.3) is 0 Å². The molecule has 2 fully saturated rings. The van der Waals surface area contributed by atoms with Gasteiger partial charge in [-0.3, -0.25) is 4.98 Å². The average molecular weight is 272 g/mol. The SMILES string of the molecule is CC1(C)OB(/C=C/c2cnccc2[C@@H]2CN2)OC1(C)C. The summed E-state index contributed by atoms with van der Waals surface area (Å²) >= 11 is 0. The van der Waals surface area contributed by atoms with Gasteiger partial charge in [-0.25, -0.2) is 0 Å². The van der Waals surface area contributed by atoms with E-state index in [4.69, 9.17) is 9.31 Å². The molecule has 106 valence electrons. The lowest BCUT2D eigenvalue weighted by molar-refractivity contribution is 0.00578. The topological polar surface area (TPSA) is 53.3 Å². The molecule has 0 radical (unpaired) electrons. The van der Waals surface area contributed by atoms with Gasteiger partial charge in [0.2, 0.25) is 0 Å². The van der Waals surface area contributed by atoms with Crippen LogP contribution in [0.3, 0.4) is 0 Å². The summed E-state index contributed by atoms with van der Waals surface area (Å²) in [5.41, 5.74) is 1.82. The first-order valence-corrected chi connectivity index (χ1v) is 7.10. The van der Waals surface area contributed by atoms with Crippen LogP contribution in [0.5, 0.6) is 0 Å². The van der Waals surface area contributed by atoms with E-state index in [1.54, 1.807) is 0 Å². The van der Waals surface area contributed by atoms with Crippen LogP contribution in [-0.4, -0.2) is 29.8 Å². The molecule has 0 aromatic carbocycles. The molecule has 0 saturated carbocycles. The second-order valence-electron chi connectivity index (χ2n) is 6.45. The first kappa shape index (κ1) is 13.8. The minimum Gasteiger partial charge on any atom is -0.400 e. The highest BCUT2D eigenvalue weighted by Crippen LogP contribution is 2.37. The van der Waals surface area contributed by atoms with Crippen molar-refractivity contribution in [1.82, 2.24) is 10.3 Å². The molecule has 4 nitrogen and oxygen atoms in total. The van der Waals surface area contributed by atoms with Crippen molar-refractivity contribution in [3.05, 3.63) is 35.6 Å². The highest BCUT2D eigenvalue weighted by Gasteiger charge is 2.50. The molecule has 1 N–H and O–H groups in total.